The van der Waals surface area contributed by atoms with Gasteiger partial charge in [0.05, 0.1) is 6.61 Å². The molecule has 0 spiro atoms. The van der Waals surface area contributed by atoms with Gasteiger partial charge in [0.2, 0.25) is 5.78 Å². The van der Waals surface area contributed by atoms with Crippen LogP contribution in [0, 0.1) is 19.7 Å². The summed E-state index contributed by atoms with van der Waals surface area (Å²) in [5.74, 6) is -1.16. The number of aryl methyl sites for hydroxylation is 1. The molecule has 1 aromatic heterocycles. The number of Topliss-reactive ketones (excluding diaryl/α,β-unsaturated/α-hetero) is 1. The summed E-state index contributed by atoms with van der Waals surface area (Å²) >= 11 is 0. The maximum atomic E-state index is 13.1. The van der Waals surface area contributed by atoms with E-state index in [0.717, 1.165) is 17.0 Å². The van der Waals surface area contributed by atoms with E-state index >= 15 is 0 Å². The van der Waals surface area contributed by atoms with Crippen molar-refractivity contribution in [3.05, 3.63) is 71.3 Å². The van der Waals surface area contributed by atoms with E-state index in [1.54, 1.807) is 25.1 Å². The number of hydrogen-bond acceptors (Lipinski definition) is 4. The standard InChI is InChI=1S/C21H24FNO4/c1-5-10-26-16(4)21(25)27-13-20(24)19-11-14(2)23(15(19)3)12-17-6-8-18(22)9-7-17/h5-9,11,16H,1,10,12-13H2,2-4H3. The van der Waals surface area contributed by atoms with Crippen molar-refractivity contribution in [1.29, 1.82) is 0 Å². The molecule has 5 nitrogen and oxygen atoms in total. The molecule has 0 aliphatic rings. The molecule has 1 unspecified atom stereocenters. The van der Waals surface area contributed by atoms with Crippen molar-refractivity contribution in [2.75, 3.05) is 13.2 Å². The number of esters is 1. The molecule has 2 rings (SSSR count). The molecule has 2 aromatic rings. The van der Waals surface area contributed by atoms with Crippen molar-refractivity contribution in [1.82, 2.24) is 4.57 Å². The predicted molar refractivity (Wildman–Crippen MR) is 100 cm³/mol. The van der Waals surface area contributed by atoms with Crippen LogP contribution < -0.4 is 0 Å². The Hall–Kier alpha value is -2.73. The Morgan fingerprint density at radius 3 is 2.56 bits per heavy atom. The Labute approximate surface area is 158 Å². The monoisotopic (exact) mass is 373 g/mol. The van der Waals surface area contributed by atoms with Gasteiger partial charge in [-0.25, -0.2) is 9.18 Å². The number of benzene rings is 1. The summed E-state index contributed by atoms with van der Waals surface area (Å²) in [6.45, 7) is 9.21. The predicted octanol–water partition coefficient (Wildman–Crippen LogP) is 3.61. The molecule has 0 fully saturated rings. The fourth-order valence-electron chi connectivity index (χ4n) is 2.71. The third kappa shape index (κ3) is 5.37. The second kappa shape index (κ2) is 9.28. The minimum absolute atomic E-state index is 0.231. The highest BCUT2D eigenvalue weighted by Crippen LogP contribution is 2.18. The molecule has 0 amide bonds. The second-order valence-corrected chi connectivity index (χ2v) is 6.29. The SMILES string of the molecule is C=CCOC(C)C(=O)OCC(=O)c1cc(C)n(Cc2ccc(F)cc2)c1C. The fraction of sp³-hybridized carbons (Fsp3) is 0.333. The van der Waals surface area contributed by atoms with E-state index in [1.807, 2.05) is 18.4 Å². The molecule has 0 radical (unpaired) electrons. The van der Waals surface area contributed by atoms with Crippen molar-refractivity contribution in [2.45, 2.75) is 33.4 Å². The summed E-state index contributed by atoms with van der Waals surface area (Å²) in [6.07, 6.45) is 0.770. The van der Waals surface area contributed by atoms with Crippen LogP contribution in [-0.4, -0.2) is 35.6 Å². The number of carbonyl (C=O) groups is 2. The van der Waals surface area contributed by atoms with Crippen LogP contribution in [0.15, 0.2) is 43.0 Å². The summed E-state index contributed by atoms with van der Waals surface area (Å²) in [7, 11) is 0. The Balaban J connectivity index is 2.04. The molecule has 1 heterocycles. The minimum Gasteiger partial charge on any atom is -0.455 e. The molecule has 0 saturated carbocycles. The van der Waals surface area contributed by atoms with Crippen molar-refractivity contribution < 1.29 is 23.5 Å². The summed E-state index contributed by atoms with van der Waals surface area (Å²) in [5, 5.41) is 0. The highest BCUT2D eigenvalue weighted by Gasteiger charge is 2.20. The number of carbonyl (C=O) groups excluding carboxylic acids is 2. The smallest absolute Gasteiger partial charge is 0.335 e. The largest absolute Gasteiger partial charge is 0.455 e. The first kappa shape index (κ1) is 20.6. The highest BCUT2D eigenvalue weighted by molar-refractivity contribution is 5.99. The van der Waals surface area contributed by atoms with Crippen LogP contribution in [0.4, 0.5) is 4.39 Å². The summed E-state index contributed by atoms with van der Waals surface area (Å²) in [4.78, 5) is 24.3. The topological polar surface area (TPSA) is 57.5 Å². The van der Waals surface area contributed by atoms with Gasteiger partial charge in [0.25, 0.3) is 0 Å². The van der Waals surface area contributed by atoms with Crippen LogP contribution in [0.2, 0.25) is 0 Å². The number of hydrogen-bond donors (Lipinski definition) is 0. The molecule has 0 N–H and O–H groups in total. The zero-order chi connectivity index (χ0) is 20.0. The van der Waals surface area contributed by atoms with Crippen molar-refractivity contribution in [2.24, 2.45) is 0 Å². The molecule has 0 bridgehead atoms. The fourth-order valence-corrected chi connectivity index (χ4v) is 2.71. The van der Waals surface area contributed by atoms with Gasteiger partial charge in [-0.1, -0.05) is 18.2 Å². The number of nitrogens with zero attached hydrogens (tertiary/aromatic N) is 1. The second-order valence-electron chi connectivity index (χ2n) is 6.29. The van der Waals surface area contributed by atoms with Crippen LogP contribution in [0.5, 0.6) is 0 Å². The lowest BCUT2D eigenvalue weighted by molar-refractivity contribution is -0.154. The third-order valence-electron chi connectivity index (χ3n) is 4.27. The van der Waals surface area contributed by atoms with E-state index in [9.17, 15) is 14.0 Å². The van der Waals surface area contributed by atoms with Gasteiger partial charge in [0.1, 0.15) is 5.82 Å². The van der Waals surface area contributed by atoms with Crippen molar-refractivity contribution >= 4 is 11.8 Å². The van der Waals surface area contributed by atoms with E-state index < -0.39 is 12.1 Å². The zero-order valence-electron chi connectivity index (χ0n) is 15.8. The van der Waals surface area contributed by atoms with Gasteiger partial charge in [-0.15, -0.1) is 6.58 Å². The van der Waals surface area contributed by atoms with E-state index in [2.05, 4.69) is 6.58 Å². The molecule has 1 atom stereocenters. The molecule has 1 aromatic carbocycles. The Kier molecular flexibility index (Phi) is 7.07. The minimum atomic E-state index is -0.762. The van der Waals surface area contributed by atoms with E-state index in [-0.39, 0.29) is 24.8 Å². The number of rotatable bonds is 9. The van der Waals surface area contributed by atoms with Gasteiger partial charge >= 0.3 is 5.97 Å². The highest BCUT2D eigenvalue weighted by atomic mass is 19.1. The molecule has 0 aliphatic heterocycles. The lowest BCUT2D eigenvalue weighted by atomic mass is 10.1. The third-order valence-corrected chi connectivity index (χ3v) is 4.27. The Bertz CT molecular complexity index is 823. The maximum Gasteiger partial charge on any atom is 0.335 e. The zero-order valence-corrected chi connectivity index (χ0v) is 15.8. The normalized spacial score (nSPS) is 11.9. The first-order valence-electron chi connectivity index (χ1n) is 8.67. The van der Waals surface area contributed by atoms with Crippen molar-refractivity contribution in [3.8, 4) is 0 Å². The van der Waals surface area contributed by atoms with Gasteiger partial charge in [-0.2, -0.15) is 0 Å². The summed E-state index contributed by atoms with van der Waals surface area (Å²) in [6, 6.07) is 8.01. The molecule has 0 saturated heterocycles. The maximum absolute atomic E-state index is 13.1. The van der Waals surface area contributed by atoms with E-state index in [1.165, 1.54) is 18.2 Å². The summed E-state index contributed by atoms with van der Waals surface area (Å²) < 4.78 is 25.3. The lowest BCUT2D eigenvalue weighted by Gasteiger charge is -2.12. The van der Waals surface area contributed by atoms with Crippen LogP contribution in [0.3, 0.4) is 0 Å². The van der Waals surface area contributed by atoms with Crippen LogP contribution in [-0.2, 0) is 20.8 Å². The van der Waals surface area contributed by atoms with Crippen LogP contribution >= 0.6 is 0 Å². The van der Waals surface area contributed by atoms with E-state index in [4.69, 9.17) is 9.47 Å². The first-order valence-corrected chi connectivity index (χ1v) is 8.67. The number of aromatic nitrogens is 1. The molecule has 0 aliphatic carbocycles. The van der Waals surface area contributed by atoms with Crippen LogP contribution in [0.25, 0.3) is 0 Å². The summed E-state index contributed by atoms with van der Waals surface area (Å²) in [5.41, 5.74) is 3.10. The van der Waals surface area contributed by atoms with Crippen LogP contribution in [0.1, 0.15) is 34.2 Å². The number of ether oxygens (including phenoxy) is 2. The van der Waals surface area contributed by atoms with Gasteiger partial charge < -0.3 is 14.0 Å². The van der Waals surface area contributed by atoms with Gasteiger partial charge in [0, 0.05) is 23.5 Å². The molecule has 27 heavy (non-hydrogen) atoms. The Morgan fingerprint density at radius 2 is 1.93 bits per heavy atom. The van der Waals surface area contributed by atoms with Gasteiger partial charge in [-0.3, -0.25) is 4.79 Å². The Morgan fingerprint density at radius 1 is 1.26 bits per heavy atom. The molecular weight excluding hydrogens is 349 g/mol. The molecule has 144 valence electrons. The van der Waals surface area contributed by atoms with Gasteiger partial charge in [-0.05, 0) is 44.5 Å². The quantitative estimate of drug-likeness (QED) is 0.383. The number of halogens is 1. The lowest BCUT2D eigenvalue weighted by Crippen LogP contribution is -2.26. The number of ketones is 1. The molecular formula is C21H24FNO4. The average Bonchev–Trinajstić information content (AvgIpc) is 2.93. The molecule has 6 heteroatoms. The first-order chi connectivity index (χ1) is 12.8. The van der Waals surface area contributed by atoms with Gasteiger partial charge in [0.15, 0.2) is 12.7 Å². The van der Waals surface area contributed by atoms with Crippen molar-refractivity contribution in [3.63, 3.8) is 0 Å². The average molecular weight is 373 g/mol. The van der Waals surface area contributed by atoms with E-state index in [0.29, 0.717) is 12.1 Å².